The largest absolute Gasteiger partial charge is 0.382 e. The molecule has 4 heteroatoms. The average Bonchev–Trinajstić information content (AvgIpc) is 1.80. The lowest BCUT2D eigenvalue weighted by molar-refractivity contribution is 0.979. The van der Waals surface area contributed by atoms with Gasteiger partial charge in [0.05, 0.1) is 5.69 Å². The van der Waals surface area contributed by atoms with E-state index in [0.717, 1.165) is 9.26 Å². The van der Waals surface area contributed by atoms with Crippen molar-refractivity contribution in [2.75, 3.05) is 5.73 Å². The highest BCUT2D eigenvalue weighted by Crippen LogP contribution is 2.08. The molecule has 0 atom stereocenters. The summed E-state index contributed by atoms with van der Waals surface area (Å²) < 4.78 is 1.06. The van der Waals surface area contributed by atoms with Gasteiger partial charge in [0.1, 0.15) is 5.82 Å². The van der Waals surface area contributed by atoms with Crippen molar-refractivity contribution in [2.45, 2.75) is 6.92 Å². The maximum Gasteiger partial charge on any atom is 0.147 e. The molecule has 1 rings (SSSR count). The molecule has 0 aliphatic heterocycles. The van der Waals surface area contributed by atoms with Gasteiger partial charge in [0.15, 0.2) is 0 Å². The van der Waals surface area contributed by atoms with E-state index in [0.29, 0.717) is 5.82 Å². The predicted octanol–water partition coefficient (Wildman–Crippen LogP) is 0.972. The molecule has 0 unspecified atom stereocenters. The maximum atomic E-state index is 5.35. The first-order valence-electron chi connectivity index (χ1n) is 2.45. The Morgan fingerprint density at radius 2 is 2.22 bits per heavy atom. The van der Waals surface area contributed by atoms with Crippen molar-refractivity contribution in [1.82, 2.24) is 10.2 Å². The third kappa shape index (κ3) is 1.51. The van der Waals surface area contributed by atoms with Crippen molar-refractivity contribution in [3.05, 3.63) is 15.3 Å². The molecule has 1 aromatic heterocycles. The summed E-state index contributed by atoms with van der Waals surface area (Å²) in [6.45, 7) is 1.90. The van der Waals surface area contributed by atoms with Crippen molar-refractivity contribution in [2.24, 2.45) is 0 Å². The standard InChI is InChI=1S/C5H6IN3/c1-3-4(6)2-5(7)9-8-3/h2H,1H3,(H2,7,9). The Morgan fingerprint density at radius 1 is 1.56 bits per heavy atom. The van der Waals surface area contributed by atoms with E-state index in [-0.39, 0.29) is 0 Å². The smallest absolute Gasteiger partial charge is 0.147 e. The van der Waals surface area contributed by atoms with E-state index < -0.39 is 0 Å². The molecular weight excluding hydrogens is 229 g/mol. The van der Waals surface area contributed by atoms with Crippen LogP contribution in [-0.4, -0.2) is 10.2 Å². The quantitative estimate of drug-likeness (QED) is 0.681. The van der Waals surface area contributed by atoms with Crippen molar-refractivity contribution in [3.8, 4) is 0 Å². The van der Waals surface area contributed by atoms with Gasteiger partial charge in [-0.1, -0.05) is 0 Å². The van der Waals surface area contributed by atoms with Crippen molar-refractivity contribution >= 4 is 28.4 Å². The number of anilines is 1. The molecule has 1 heterocycles. The summed E-state index contributed by atoms with van der Waals surface area (Å²) in [4.78, 5) is 0. The van der Waals surface area contributed by atoms with Crippen LogP contribution in [0.15, 0.2) is 6.07 Å². The molecule has 0 bridgehead atoms. The number of nitrogens with two attached hydrogens (primary N) is 1. The molecule has 0 amide bonds. The Hall–Kier alpha value is -0.390. The summed E-state index contributed by atoms with van der Waals surface area (Å²) in [7, 11) is 0. The Kier molecular flexibility index (Phi) is 1.84. The zero-order chi connectivity index (χ0) is 6.85. The van der Waals surface area contributed by atoms with Crippen LogP contribution in [0.4, 0.5) is 5.82 Å². The Labute approximate surface area is 66.8 Å². The summed E-state index contributed by atoms with van der Waals surface area (Å²) in [5.41, 5.74) is 6.27. The number of hydrogen-bond donors (Lipinski definition) is 1. The van der Waals surface area contributed by atoms with Crippen molar-refractivity contribution < 1.29 is 0 Å². The van der Waals surface area contributed by atoms with Crippen molar-refractivity contribution in [1.29, 1.82) is 0 Å². The van der Waals surface area contributed by atoms with Crippen LogP contribution < -0.4 is 5.73 Å². The zero-order valence-electron chi connectivity index (χ0n) is 4.93. The molecule has 0 aliphatic rings. The van der Waals surface area contributed by atoms with Gasteiger partial charge < -0.3 is 5.73 Å². The molecule has 48 valence electrons. The number of halogens is 1. The average molecular weight is 235 g/mol. The van der Waals surface area contributed by atoms with Gasteiger partial charge in [0.25, 0.3) is 0 Å². The lowest BCUT2D eigenvalue weighted by Gasteiger charge is -1.94. The van der Waals surface area contributed by atoms with Crippen LogP contribution in [0, 0.1) is 10.5 Å². The van der Waals surface area contributed by atoms with E-state index in [9.17, 15) is 0 Å². The number of nitrogens with zero attached hydrogens (tertiary/aromatic N) is 2. The molecule has 0 aromatic carbocycles. The lowest BCUT2D eigenvalue weighted by atomic mass is 10.4. The van der Waals surface area contributed by atoms with Crippen LogP contribution in [0.1, 0.15) is 5.69 Å². The second-order valence-corrected chi connectivity index (χ2v) is 2.86. The normalized spacial score (nSPS) is 9.56. The van der Waals surface area contributed by atoms with Gasteiger partial charge in [0.2, 0.25) is 0 Å². The van der Waals surface area contributed by atoms with E-state index >= 15 is 0 Å². The fourth-order valence-electron chi connectivity index (χ4n) is 0.444. The minimum atomic E-state index is 0.477. The number of hydrogen-bond acceptors (Lipinski definition) is 3. The fourth-order valence-corrected chi connectivity index (χ4v) is 0.871. The van der Waals surface area contributed by atoms with Crippen LogP contribution in [0.25, 0.3) is 0 Å². The van der Waals surface area contributed by atoms with E-state index in [2.05, 4.69) is 32.8 Å². The molecule has 2 N–H and O–H groups in total. The van der Waals surface area contributed by atoms with Gasteiger partial charge in [-0.15, -0.1) is 5.10 Å². The lowest BCUT2D eigenvalue weighted by Crippen LogP contribution is -1.96. The van der Waals surface area contributed by atoms with Gasteiger partial charge >= 0.3 is 0 Å². The topological polar surface area (TPSA) is 51.8 Å². The fraction of sp³-hybridized carbons (Fsp3) is 0.200. The van der Waals surface area contributed by atoms with E-state index in [1.165, 1.54) is 0 Å². The van der Waals surface area contributed by atoms with Gasteiger partial charge in [-0.3, -0.25) is 0 Å². The molecule has 3 nitrogen and oxygen atoms in total. The summed E-state index contributed by atoms with van der Waals surface area (Å²) in [5, 5.41) is 7.46. The summed E-state index contributed by atoms with van der Waals surface area (Å²) in [6.07, 6.45) is 0. The number of aryl methyl sites for hydroxylation is 1. The van der Waals surface area contributed by atoms with E-state index in [1.54, 1.807) is 6.07 Å². The summed E-state index contributed by atoms with van der Waals surface area (Å²) in [6, 6.07) is 1.79. The highest BCUT2D eigenvalue weighted by atomic mass is 127. The van der Waals surface area contributed by atoms with Crippen LogP contribution in [0.3, 0.4) is 0 Å². The second kappa shape index (κ2) is 2.47. The minimum absolute atomic E-state index is 0.477. The van der Waals surface area contributed by atoms with Crippen LogP contribution in [-0.2, 0) is 0 Å². The SMILES string of the molecule is Cc1nnc(N)cc1I. The molecule has 0 saturated carbocycles. The van der Waals surface area contributed by atoms with Crippen LogP contribution in [0.5, 0.6) is 0 Å². The molecule has 0 fully saturated rings. The molecule has 0 saturated heterocycles. The Morgan fingerprint density at radius 3 is 2.67 bits per heavy atom. The van der Waals surface area contributed by atoms with Crippen LogP contribution >= 0.6 is 22.6 Å². The molecule has 0 spiro atoms. The summed E-state index contributed by atoms with van der Waals surface area (Å²) >= 11 is 2.17. The van der Waals surface area contributed by atoms with Crippen molar-refractivity contribution in [3.63, 3.8) is 0 Å². The minimum Gasteiger partial charge on any atom is -0.382 e. The predicted molar refractivity (Wildman–Crippen MR) is 43.9 cm³/mol. The molecular formula is C5H6IN3. The second-order valence-electron chi connectivity index (χ2n) is 1.70. The van der Waals surface area contributed by atoms with Gasteiger partial charge in [-0.2, -0.15) is 5.10 Å². The number of nitrogen functional groups attached to an aromatic ring is 1. The van der Waals surface area contributed by atoms with Gasteiger partial charge in [0, 0.05) is 3.57 Å². The molecule has 0 aliphatic carbocycles. The highest BCUT2D eigenvalue weighted by Gasteiger charge is 1.94. The van der Waals surface area contributed by atoms with E-state index in [4.69, 9.17) is 5.73 Å². The third-order valence-electron chi connectivity index (χ3n) is 0.936. The first kappa shape index (κ1) is 6.73. The van der Waals surface area contributed by atoms with E-state index in [1.807, 2.05) is 6.92 Å². The Bertz CT molecular complexity index is 223. The molecule has 0 radical (unpaired) electrons. The Balaban J connectivity index is 3.17. The number of aromatic nitrogens is 2. The zero-order valence-corrected chi connectivity index (χ0v) is 7.08. The van der Waals surface area contributed by atoms with Crippen LogP contribution in [0.2, 0.25) is 0 Å². The first-order chi connectivity index (χ1) is 4.20. The number of rotatable bonds is 0. The monoisotopic (exact) mass is 235 g/mol. The highest BCUT2D eigenvalue weighted by molar-refractivity contribution is 14.1. The van der Waals surface area contributed by atoms with Gasteiger partial charge in [-0.25, -0.2) is 0 Å². The summed E-state index contributed by atoms with van der Waals surface area (Å²) in [5.74, 6) is 0.477. The third-order valence-corrected chi connectivity index (χ3v) is 2.03. The molecule has 9 heavy (non-hydrogen) atoms. The maximum absolute atomic E-state index is 5.35. The van der Waals surface area contributed by atoms with Gasteiger partial charge in [-0.05, 0) is 35.6 Å². The first-order valence-corrected chi connectivity index (χ1v) is 3.53. The molecule has 1 aromatic rings.